The van der Waals surface area contributed by atoms with Crippen molar-refractivity contribution in [2.45, 2.75) is 44.6 Å². The number of benzene rings is 2. The van der Waals surface area contributed by atoms with Crippen molar-refractivity contribution in [1.82, 2.24) is 9.47 Å². The van der Waals surface area contributed by atoms with E-state index >= 15 is 0 Å². The van der Waals surface area contributed by atoms with Crippen LogP contribution in [0.5, 0.6) is 0 Å². The van der Waals surface area contributed by atoms with Gasteiger partial charge in [0.25, 0.3) is 0 Å². The van der Waals surface area contributed by atoms with Crippen LogP contribution in [0.3, 0.4) is 0 Å². The second-order valence-electron chi connectivity index (χ2n) is 8.63. The molecule has 1 N–H and O–H groups in total. The molecule has 2 amide bonds. The lowest BCUT2D eigenvalue weighted by Gasteiger charge is -2.27. The lowest BCUT2D eigenvalue weighted by Crippen LogP contribution is -2.37. The maximum Gasteiger partial charge on any atom is 0.242 e. The van der Waals surface area contributed by atoms with Crippen LogP contribution in [0.4, 0.5) is 5.69 Å². The molecule has 0 radical (unpaired) electrons. The molecule has 0 aliphatic carbocycles. The summed E-state index contributed by atoms with van der Waals surface area (Å²) in [6.07, 6.45) is 4.61. The van der Waals surface area contributed by atoms with Crippen LogP contribution in [0.2, 0.25) is 0 Å². The van der Waals surface area contributed by atoms with Gasteiger partial charge in [-0.1, -0.05) is 30.3 Å². The van der Waals surface area contributed by atoms with E-state index in [0.29, 0.717) is 16.6 Å². The number of aryl methyl sites for hydroxylation is 1. The van der Waals surface area contributed by atoms with Crippen LogP contribution in [0.15, 0.2) is 53.6 Å². The smallest absolute Gasteiger partial charge is 0.242 e. The Hall–Kier alpha value is -3.13. The minimum atomic E-state index is -3.93. The van der Waals surface area contributed by atoms with Crippen molar-refractivity contribution < 1.29 is 18.0 Å². The summed E-state index contributed by atoms with van der Waals surface area (Å²) in [4.78, 5) is 27.3. The van der Waals surface area contributed by atoms with Crippen molar-refractivity contribution in [2.75, 3.05) is 24.2 Å². The Morgan fingerprint density at radius 1 is 0.970 bits per heavy atom. The fourth-order valence-electron chi connectivity index (χ4n) is 4.30. The summed E-state index contributed by atoms with van der Waals surface area (Å²) in [7, 11) is -3.93. The Kier molecular flexibility index (Phi) is 6.56. The number of carbonyl (C=O) groups is 2. The van der Waals surface area contributed by atoms with Crippen LogP contribution >= 0.6 is 0 Å². The molecule has 1 fully saturated rings. The van der Waals surface area contributed by atoms with Crippen molar-refractivity contribution in [3.05, 3.63) is 59.8 Å². The van der Waals surface area contributed by atoms with Crippen molar-refractivity contribution in [2.24, 2.45) is 0 Å². The zero-order valence-corrected chi connectivity index (χ0v) is 19.8. The first kappa shape index (κ1) is 23.0. The van der Waals surface area contributed by atoms with Crippen LogP contribution in [-0.4, -0.2) is 48.5 Å². The normalized spacial score (nSPS) is 14.4. The summed E-state index contributed by atoms with van der Waals surface area (Å²) in [5.41, 5.74) is 3.18. The van der Waals surface area contributed by atoms with E-state index in [2.05, 4.69) is 5.32 Å². The molecule has 1 saturated heterocycles. The quantitative estimate of drug-likeness (QED) is 0.599. The molecule has 3 aromatic rings. The number of sulfone groups is 1. The molecule has 33 heavy (non-hydrogen) atoms. The number of aromatic nitrogens is 1. The number of likely N-dealkylation sites (tertiary alicyclic amines) is 1. The second-order valence-corrected chi connectivity index (χ2v) is 10.6. The molecule has 0 unspecified atom stereocenters. The average Bonchev–Trinajstić information content (AvgIpc) is 3.16. The number of amides is 2. The van der Waals surface area contributed by atoms with Crippen LogP contribution in [-0.2, 0) is 26.0 Å². The number of anilines is 1. The van der Waals surface area contributed by atoms with E-state index in [9.17, 15) is 18.0 Å². The highest BCUT2D eigenvalue weighted by Gasteiger charge is 2.26. The van der Waals surface area contributed by atoms with Gasteiger partial charge < -0.3 is 14.8 Å². The summed E-state index contributed by atoms with van der Waals surface area (Å²) in [5, 5.41) is 3.24. The summed E-state index contributed by atoms with van der Waals surface area (Å²) in [6, 6.07) is 12.6. The molecule has 0 bridgehead atoms. The number of rotatable bonds is 6. The van der Waals surface area contributed by atoms with Crippen LogP contribution < -0.4 is 5.32 Å². The number of nitrogens with zero attached hydrogens (tertiary/aromatic N) is 2. The van der Waals surface area contributed by atoms with Crippen LogP contribution in [0.1, 0.15) is 30.4 Å². The standard InChI is InChI=1S/C25H29N3O4S/c1-18-9-8-11-21(19(18)2)26-24(29)17-33(31,32)23-15-28(22-12-5-4-10-20(22)23)16-25(30)27-13-6-3-7-14-27/h4-5,8-12,15H,3,6-7,13-14,16-17H2,1-2H3,(H,26,29). The summed E-state index contributed by atoms with van der Waals surface area (Å²) in [5.74, 6) is -1.29. The van der Waals surface area contributed by atoms with Crippen molar-refractivity contribution in [3.63, 3.8) is 0 Å². The number of fused-ring (bicyclic) bond motifs is 1. The maximum absolute atomic E-state index is 13.2. The van der Waals surface area contributed by atoms with E-state index in [4.69, 9.17) is 0 Å². The van der Waals surface area contributed by atoms with Gasteiger partial charge in [-0.05, 0) is 56.4 Å². The third-order valence-electron chi connectivity index (χ3n) is 6.30. The van der Waals surface area contributed by atoms with Crippen LogP contribution in [0.25, 0.3) is 10.9 Å². The first-order valence-electron chi connectivity index (χ1n) is 11.2. The van der Waals surface area contributed by atoms with Gasteiger partial charge in [0.2, 0.25) is 11.8 Å². The van der Waals surface area contributed by atoms with Gasteiger partial charge in [-0.15, -0.1) is 0 Å². The largest absolute Gasteiger partial charge is 0.341 e. The predicted molar refractivity (Wildman–Crippen MR) is 129 cm³/mol. The lowest BCUT2D eigenvalue weighted by atomic mass is 10.1. The number of piperidine rings is 1. The number of hydrogen-bond acceptors (Lipinski definition) is 4. The molecule has 0 spiro atoms. The summed E-state index contributed by atoms with van der Waals surface area (Å²) < 4.78 is 28.1. The predicted octanol–water partition coefficient (Wildman–Crippen LogP) is 3.68. The lowest BCUT2D eigenvalue weighted by molar-refractivity contribution is -0.132. The first-order chi connectivity index (χ1) is 15.8. The molecule has 1 aliphatic rings. The first-order valence-corrected chi connectivity index (χ1v) is 12.9. The Morgan fingerprint density at radius 2 is 1.70 bits per heavy atom. The number of para-hydroxylation sites is 1. The van der Waals surface area contributed by atoms with Gasteiger partial charge in [0.15, 0.2) is 9.84 Å². The molecule has 1 aromatic heterocycles. The molecule has 0 saturated carbocycles. The molecule has 2 aromatic carbocycles. The van der Waals surface area contributed by atoms with Gasteiger partial charge in [0.1, 0.15) is 12.3 Å². The van der Waals surface area contributed by atoms with E-state index in [1.807, 2.05) is 36.9 Å². The maximum atomic E-state index is 13.2. The number of carbonyl (C=O) groups excluding carboxylic acids is 2. The zero-order valence-electron chi connectivity index (χ0n) is 19.0. The Morgan fingerprint density at radius 3 is 2.45 bits per heavy atom. The van der Waals surface area contributed by atoms with E-state index in [1.54, 1.807) is 28.8 Å². The summed E-state index contributed by atoms with van der Waals surface area (Å²) in [6.45, 7) is 5.36. The molecule has 2 heterocycles. The highest BCUT2D eigenvalue weighted by Crippen LogP contribution is 2.27. The van der Waals surface area contributed by atoms with Gasteiger partial charge in [0, 0.05) is 35.9 Å². The third kappa shape index (κ3) is 4.95. The molecular formula is C25H29N3O4S. The summed E-state index contributed by atoms with van der Waals surface area (Å²) >= 11 is 0. The van der Waals surface area contributed by atoms with E-state index in [1.165, 1.54) is 6.20 Å². The average molecular weight is 468 g/mol. The molecule has 1 aliphatic heterocycles. The monoisotopic (exact) mass is 467 g/mol. The van der Waals surface area contributed by atoms with Crippen molar-refractivity contribution >= 4 is 38.2 Å². The second kappa shape index (κ2) is 9.39. The SMILES string of the molecule is Cc1cccc(NC(=O)CS(=O)(=O)c2cn(CC(=O)N3CCCCC3)c3ccccc23)c1C. The fraction of sp³-hybridized carbons (Fsp3) is 0.360. The van der Waals surface area contributed by atoms with Gasteiger partial charge in [-0.2, -0.15) is 0 Å². The molecule has 0 atom stereocenters. The minimum Gasteiger partial charge on any atom is -0.341 e. The van der Waals surface area contributed by atoms with E-state index in [-0.39, 0.29) is 17.3 Å². The van der Waals surface area contributed by atoms with Gasteiger partial charge >= 0.3 is 0 Å². The van der Waals surface area contributed by atoms with Crippen LogP contribution in [0, 0.1) is 13.8 Å². The molecule has 174 valence electrons. The van der Waals surface area contributed by atoms with Crippen molar-refractivity contribution in [1.29, 1.82) is 0 Å². The number of hydrogen-bond donors (Lipinski definition) is 1. The molecular weight excluding hydrogens is 438 g/mol. The molecule has 4 rings (SSSR count). The Labute approximate surface area is 194 Å². The molecule has 8 heteroatoms. The van der Waals surface area contributed by atoms with Gasteiger partial charge in [-0.3, -0.25) is 9.59 Å². The molecule has 7 nitrogen and oxygen atoms in total. The topological polar surface area (TPSA) is 88.5 Å². The number of nitrogens with one attached hydrogen (secondary N) is 1. The van der Waals surface area contributed by atoms with Gasteiger partial charge in [-0.25, -0.2) is 8.42 Å². The Balaban J connectivity index is 1.58. The minimum absolute atomic E-state index is 0.0212. The van der Waals surface area contributed by atoms with E-state index < -0.39 is 21.5 Å². The zero-order chi connectivity index (χ0) is 23.6. The van der Waals surface area contributed by atoms with E-state index in [0.717, 1.165) is 43.5 Å². The third-order valence-corrected chi connectivity index (χ3v) is 7.94. The fourth-order valence-corrected chi connectivity index (χ4v) is 5.67. The van der Waals surface area contributed by atoms with Gasteiger partial charge in [0.05, 0.1) is 4.90 Å². The Bertz CT molecular complexity index is 1300. The highest BCUT2D eigenvalue weighted by atomic mass is 32.2. The van der Waals surface area contributed by atoms with Crippen molar-refractivity contribution in [3.8, 4) is 0 Å². The highest BCUT2D eigenvalue weighted by molar-refractivity contribution is 7.92.